The van der Waals surface area contributed by atoms with Gasteiger partial charge in [0.15, 0.2) is 0 Å². The molecule has 1 rings (SSSR count). The summed E-state index contributed by atoms with van der Waals surface area (Å²) in [6.45, 7) is 3.36. The van der Waals surface area contributed by atoms with Crippen LogP contribution in [0.2, 0.25) is 0 Å². The fraction of sp³-hybridized carbons (Fsp3) is 0.200. The number of anilines is 1. The fourth-order valence-corrected chi connectivity index (χ4v) is 2.13. The highest BCUT2D eigenvalue weighted by molar-refractivity contribution is 7.50. The molecule has 1 unspecified atom stereocenters. The van der Waals surface area contributed by atoms with E-state index in [4.69, 9.17) is 0 Å². The first-order chi connectivity index (χ1) is 6.96. The summed E-state index contributed by atoms with van der Waals surface area (Å²) in [5.41, 5.74) is 0.661. The summed E-state index contributed by atoms with van der Waals surface area (Å²) in [5.74, 6) is -1.21. The van der Waals surface area contributed by atoms with Crippen molar-refractivity contribution < 1.29 is 14.4 Å². The minimum Gasteiger partial charge on any atom is -0.809 e. The Morgan fingerprint density at radius 1 is 1.40 bits per heavy atom. The highest BCUT2D eigenvalue weighted by atomic mass is 31.2. The SMILES string of the molecule is C=CC(N(C)c1ccccc1)P(=O)([O-])[O-]. The Labute approximate surface area is 89.0 Å². The van der Waals surface area contributed by atoms with Crippen LogP contribution >= 0.6 is 7.60 Å². The average Bonchev–Trinajstić information content (AvgIpc) is 2.18. The lowest BCUT2D eigenvalue weighted by atomic mass is 10.3. The third-order valence-corrected chi connectivity index (χ3v) is 3.30. The molecule has 0 fully saturated rings. The van der Waals surface area contributed by atoms with Crippen molar-refractivity contribution in [3.8, 4) is 0 Å². The molecule has 5 heteroatoms. The zero-order valence-corrected chi connectivity index (χ0v) is 9.26. The van der Waals surface area contributed by atoms with Gasteiger partial charge in [-0.25, -0.2) is 0 Å². The van der Waals surface area contributed by atoms with Crippen molar-refractivity contribution in [2.45, 2.75) is 5.78 Å². The highest BCUT2D eigenvalue weighted by Gasteiger charge is 2.14. The molecule has 0 radical (unpaired) electrons. The summed E-state index contributed by atoms with van der Waals surface area (Å²) >= 11 is 0. The van der Waals surface area contributed by atoms with Gasteiger partial charge in [-0.1, -0.05) is 24.3 Å². The largest absolute Gasteiger partial charge is 0.809 e. The van der Waals surface area contributed by atoms with Crippen LogP contribution in [0, 0.1) is 0 Å². The van der Waals surface area contributed by atoms with Gasteiger partial charge in [-0.15, -0.1) is 6.58 Å². The van der Waals surface area contributed by atoms with Gasteiger partial charge < -0.3 is 19.3 Å². The van der Waals surface area contributed by atoms with Crippen LogP contribution in [0.25, 0.3) is 0 Å². The first-order valence-corrected chi connectivity index (χ1v) is 6.00. The number of hydrogen-bond acceptors (Lipinski definition) is 4. The van der Waals surface area contributed by atoms with Crippen LogP contribution in [0.4, 0.5) is 5.69 Å². The van der Waals surface area contributed by atoms with Gasteiger partial charge in [0.1, 0.15) is 0 Å². The summed E-state index contributed by atoms with van der Waals surface area (Å²) in [7, 11) is -3.14. The smallest absolute Gasteiger partial charge is 0.0740 e. The molecule has 0 saturated carbocycles. The zero-order chi connectivity index (χ0) is 11.5. The van der Waals surface area contributed by atoms with E-state index < -0.39 is 13.4 Å². The predicted molar refractivity (Wildman–Crippen MR) is 56.4 cm³/mol. The molecular formula is C10H12NO3P-2. The summed E-state index contributed by atoms with van der Waals surface area (Å²) in [5, 5.41) is 0. The lowest BCUT2D eigenvalue weighted by molar-refractivity contribution is -0.315. The lowest BCUT2D eigenvalue weighted by Gasteiger charge is -2.42. The van der Waals surface area contributed by atoms with Crippen LogP contribution in [0.5, 0.6) is 0 Å². The monoisotopic (exact) mass is 225 g/mol. The van der Waals surface area contributed by atoms with Crippen LogP contribution < -0.4 is 14.7 Å². The number of rotatable bonds is 4. The maximum Gasteiger partial charge on any atom is 0.0740 e. The average molecular weight is 225 g/mol. The van der Waals surface area contributed by atoms with E-state index in [0.717, 1.165) is 6.08 Å². The van der Waals surface area contributed by atoms with Crippen molar-refractivity contribution in [1.29, 1.82) is 0 Å². The van der Waals surface area contributed by atoms with Crippen molar-refractivity contribution >= 4 is 13.3 Å². The second-order valence-corrected chi connectivity index (χ2v) is 4.74. The summed E-state index contributed by atoms with van der Waals surface area (Å²) < 4.78 is 10.9. The van der Waals surface area contributed by atoms with Crippen molar-refractivity contribution in [2.75, 3.05) is 11.9 Å². The Bertz CT molecular complexity index is 374. The van der Waals surface area contributed by atoms with Crippen LogP contribution in [-0.2, 0) is 4.57 Å². The maximum absolute atomic E-state index is 10.9. The second-order valence-electron chi connectivity index (χ2n) is 3.14. The second kappa shape index (κ2) is 4.62. The topological polar surface area (TPSA) is 66.4 Å². The van der Waals surface area contributed by atoms with Crippen LogP contribution in [0.3, 0.4) is 0 Å². The molecule has 0 N–H and O–H groups in total. The van der Waals surface area contributed by atoms with Crippen molar-refractivity contribution in [3.05, 3.63) is 43.0 Å². The summed E-state index contributed by atoms with van der Waals surface area (Å²) in [4.78, 5) is 23.3. The Morgan fingerprint density at radius 3 is 2.33 bits per heavy atom. The molecule has 0 spiro atoms. The van der Waals surface area contributed by atoms with E-state index in [9.17, 15) is 14.4 Å². The number of benzene rings is 1. The minimum atomic E-state index is -4.69. The number of para-hydroxylation sites is 1. The van der Waals surface area contributed by atoms with Crippen molar-refractivity contribution in [2.24, 2.45) is 0 Å². The molecule has 0 amide bonds. The van der Waals surface area contributed by atoms with Gasteiger partial charge in [0.2, 0.25) is 0 Å². The molecule has 0 heterocycles. The van der Waals surface area contributed by atoms with Crippen molar-refractivity contribution in [1.82, 2.24) is 0 Å². The van der Waals surface area contributed by atoms with E-state index in [1.54, 1.807) is 31.3 Å². The standard InChI is InChI=1S/C10H14NO3P/c1-3-10(15(12,13)14)11(2)9-7-5-4-6-8-9/h3-8,10H,1H2,2H3,(H2,12,13,14)/p-2. The quantitative estimate of drug-likeness (QED) is 0.554. The van der Waals surface area contributed by atoms with Gasteiger partial charge in [-0.2, -0.15) is 0 Å². The molecule has 1 aromatic rings. The molecule has 0 aliphatic carbocycles. The normalized spacial score (nSPS) is 13.3. The molecule has 0 aliphatic rings. The third kappa shape index (κ3) is 2.93. The van der Waals surface area contributed by atoms with Crippen LogP contribution in [0.1, 0.15) is 0 Å². The van der Waals surface area contributed by atoms with E-state index in [0.29, 0.717) is 5.69 Å². The Balaban J connectivity index is 2.98. The van der Waals surface area contributed by atoms with Gasteiger partial charge in [0.05, 0.1) is 5.78 Å². The molecule has 0 bridgehead atoms. The maximum atomic E-state index is 10.9. The first-order valence-electron chi connectivity index (χ1n) is 4.39. The summed E-state index contributed by atoms with van der Waals surface area (Å²) in [6.07, 6.45) is 1.13. The molecule has 0 aliphatic heterocycles. The minimum absolute atomic E-state index is 0.661. The fourth-order valence-electron chi connectivity index (χ4n) is 1.32. The van der Waals surface area contributed by atoms with Gasteiger partial charge >= 0.3 is 0 Å². The van der Waals surface area contributed by atoms with Gasteiger partial charge in [-0.05, 0) is 19.7 Å². The number of nitrogens with zero attached hydrogens (tertiary/aromatic N) is 1. The van der Waals surface area contributed by atoms with Crippen molar-refractivity contribution in [3.63, 3.8) is 0 Å². The molecular weight excluding hydrogens is 213 g/mol. The molecule has 82 valence electrons. The van der Waals surface area contributed by atoms with Crippen LogP contribution in [-0.4, -0.2) is 12.8 Å². The van der Waals surface area contributed by atoms with Crippen LogP contribution in [0.15, 0.2) is 43.0 Å². The molecule has 0 saturated heterocycles. The summed E-state index contributed by atoms with van der Waals surface area (Å²) in [6, 6.07) is 8.81. The van der Waals surface area contributed by atoms with E-state index in [1.165, 1.54) is 4.90 Å². The Kier molecular flexibility index (Phi) is 3.69. The van der Waals surface area contributed by atoms with E-state index >= 15 is 0 Å². The highest BCUT2D eigenvalue weighted by Crippen LogP contribution is 2.36. The van der Waals surface area contributed by atoms with Gasteiger partial charge in [-0.3, -0.25) is 0 Å². The molecule has 15 heavy (non-hydrogen) atoms. The Hall–Kier alpha value is -1.09. The predicted octanol–water partition coefficient (Wildman–Crippen LogP) is 0.549. The number of likely N-dealkylation sites (N-methyl/N-ethyl adjacent to an activating group) is 1. The van der Waals surface area contributed by atoms with Gasteiger partial charge in [0.25, 0.3) is 0 Å². The molecule has 4 nitrogen and oxygen atoms in total. The molecule has 0 aromatic heterocycles. The third-order valence-electron chi connectivity index (χ3n) is 2.10. The van der Waals surface area contributed by atoms with E-state index in [2.05, 4.69) is 6.58 Å². The van der Waals surface area contributed by atoms with E-state index in [-0.39, 0.29) is 0 Å². The lowest BCUT2D eigenvalue weighted by Crippen LogP contribution is -2.37. The van der Waals surface area contributed by atoms with Gasteiger partial charge in [0, 0.05) is 12.7 Å². The zero-order valence-electron chi connectivity index (χ0n) is 8.37. The van der Waals surface area contributed by atoms with E-state index in [1.807, 2.05) is 6.07 Å². The Morgan fingerprint density at radius 2 is 1.93 bits per heavy atom. The number of hydrogen-bond donors (Lipinski definition) is 0. The first kappa shape index (κ1) is 12.0. The molecule has 1 atom stereocenters. The molecule has 1 aromatic carbocycles.